The molecule has 0 unspecified atom stereocenters. The Balaban J connectivity index is 1.58. The van der Waals surface area contributed by atoms with E-state index < -0.39 is 0 Å². The quantitative estimate of drug-likeness (QED) is 0.202. The summed E-state index contributed by atoms with van der Waals surface area (Å²) in [6, 6.07) is 29.9. The normalized spacial score (nSPS) is 14.4. The lowest BCUT2D eigenvalue weighted by molar-refractivity contribution is 0.539. The summed E-state index contributed by atoms with van der Waals surface area (Å²) in [5.74, 6) is 1.11. The van der Waals surface area contributed by atoms with Gasteiger partial charge in [0.2, 0.25) is 0 Å². The predicted octanol–water partition coefficient (Wildman–Crippen LogP) is 7.53. The van der Waals surface area contributed by atoms with Crippen LogP contribution in [0.15, 0.2) is 78.9 Å². The summed E-state index contributed by atoms with van der Waals surface area (Å²) in [6.45, 7) is 20.7. The highest BCUT2D eigenvalue weighted by molar-refractivity contribution is 7.00. The van der Waals surface area contributed by atoms with Gasteiger partial charge in [-0.15, -0.1) is 0 Å². The third-order valence-corrected chi connectivity index (χ3v) is 8.96. The molecule has 0 saturated heterocycles. The number of imidazole rings is 1. The first-order chi connectivity index (χ1) is 19.2. The van der Waals surface area contributed by atoms with Crippen molar-refractivity contribution in [1.82, 2.24) is 9.55 Å². The molecule has 0 spiro atoms. The van der Waals surface area contributed by atoms with Gasteiger partial charge in [-0.3, -0.25) is 4.57 Å². The monoisotopic (exact) mass is 537 g/mol. The molecule has 0 bridgehead atoms. The molecule has 3 nitrogen and oxygen atoms in total. The van der Waals surface area contributed by atoms with E-state index in [1.165, 1.54) is 55.8 Å². The summed E-state index contributed by atoms with van der Waals surface area (Å²) in [5.41, 5.74) is 14.2. The van der Waals surface area contributed by atoms with Crippen molar-refractivity contribution in [2.45, 2.75) is 78.6 Å². The minimum absolute atomic E-state index is 0.0515. The van der Waals surface area contributed by atoms with Gasteiger partial charge in [-0.05, 0) is 74.7 Å². The molecule has 2 aliphatic rings. The summed E-state index contributed by atoms with van der Waals surface area (Å²) < 4.78 is 2.46. The Morgan fingerprint density at radius 3 is 1.88 bits per heavy atom. The molecule has 0 radical (unpaired) electrons. The van der Waals surface area contributed by atoms with Crippen molar-refractivity contribution in [2.24, 2.45) is 0 Å². The maximum Gasteiger partial charge on any atom is 0.252 e. The fraction of sp³-hybridized carbons (Fsp3) is 0.324. The van der Waals surface area contributed by atoms with Crippen LogP contribution in [-0.4, -0.2) is 16.3 Å². The molecule has 41 heavy (non-hydrogen) atoms. The Morgan fingerprint density at radius 2 is 1.22 bits per heavy atom. The third-order valence-electron chi connectivity index (χ3n) is 8.96. The second-order valence-corrected chi connectivity index (χ2v) is 15.0. The van der Waals surface area contributed by atoms with Crippen molar-refractivity contribution in [2.75, 3.05) is 4.90 Å². The molecule has 1 aromatic heterocycles. The summed E-state index contributed by atoms with van der Waals surface area (Å²) >= 11 is 0. The number of aromatic nitrogens is 2. The number of hydrogen-bond acceptors (Lipinski definition) is 2. The molecule has 3 heterocycles. The Bertz CT molecular complexity index is 1840. The number of anilines is 3. The highest BCUT2D eigenvalue weighted by Crippen LogP contribution is 2.41. The van der Waals surface area contributed by atoms with Crippen molar-refractivity contribution < 1.29 is 0 Å². The van der Waals surface area contributed by atoms with Crippen LogP contribution < -0.4 is 21.3 Å². The fourth-order valence-corrected chi connectivity index (χ4v) is 6.80. The molecule has 206 valence electrons. The molecule has 0 fully saturated rings. The molecule has 0 aliphatic carbocycles. The lowest BCUT2D eigenvalue weighted by Gasteiger charge is -2.41. The molecule has 0 N–H and O–H groups in total. The SMILES string of the molecule is CC(C)(C)c1ccc(N2c3ccc(C(C)(C)C)cc3B3c4c2cccc4-n2c(C(C)(C)C)nc4cccc3c42)cc1. The van der Waals surface area contributed by atoms with Crippen molar-refractivity contribution in [3.8, 4) is 5.69 Å². The van der Waals surface area contributed by atoms with Gasteiger partial charge >= 0.3 is 0 Å². The average Bonchev–Trinajstić information content (AvgIpc) is 3.31. The van der Waals surface area contributed by atoms with E-state index in [0.29, 0.717) is 0 Å². The van der Waals surface area contributed by atoms with Crippen LogP contribution in [0.3, 0.4) is 0 Å². The van der Waals surface area contributed by atoms with E-state index in [1.807, 2.05) is 0 Å². The van der Waals surface area contributed by atoms with Crippen LogP contribution in [0.1, 0.15) is 79.3 Å². The number of fused-ring (bicyclic) bond motifs is 4. The van der Waals surface area contributed by atoms with Crippen molar-refractivity contribution in [3.05, 3.63) is 95.8 Å². The van der Waals surface area contributed by atoms with Crippen LogP contribution in [-0.2, 0) is 16.2 Å². The van der Waals surface area contributed by atoms with E-state index in [9.17, 15) is 0 Å². The maximum atomic E-state index is 5.25. The van der Waals surface area contributed by atoms with E-state index in [4.69, 9.17) is 4.98 Å². The highest BCUT2D eigenvalue weighted by atomic mass is 15.2. The predicted molar refractivity (Wildman–Crippen MR) is 177 cm³/mol. The van der Waals surface area contributed by atoms with Gasteiger partial charge in [-0.2, -0.15) is 0 Å². The molecule has 5 aromatic rings. The topological polar surface area (TPSA) is 21.1 Å². The van der Waals surface area contributed by atoms with E-state index in [0.717, 1.165) is 11.3 Å². The van der Waals surface area contributed by atoms with Gasteiger partial charge in [0.15, 0.2) is 0 Å². The fourth-order valence-electron chi connectivity index (χ4n) is 6.80. The Kier molecular flexibility index (Phi) is 5.34. The number of para-hydroxylation sites is 1. The zero-order chi connectivity index (χ0) is 29.1. The minimum atomic E-state index is -0.0969. The van der Waals surface area contributed by atoms with E-state index >= 15 is 0 Å². The summed E-state index contributed by atoms with van der Waals surface area (Å²) in [5, 5.41) is 0. The van der Waals surface area contributed by atoms with E-state index in [2.05, 4.69) is 151 Å². The zero-order valence-corrected chi connectivity index (χ0v) is 25.9. The van der Waals surface area contributed by atoms with Gasteiger partial charge in [-0.25, -0.2) is 4.98 Å². The number of rotatable bonds is 1. The lowest BCUT2D eigenvalue weighted by Crippen LogP contribution is -2.60. The Hall–Kier alpha value is -3.79. The third kappa shape index (κ3) is 3.83. The molecule has 7 rings (SSSR count). The molecule has 4 heteroatoms. The molecule has 0 atom stereocenters. The van der Waals surface area contributed by atoms with Gasteiger partial charge in [0.25, 0.3) is 6.71 Å². The van der Waals surface area contributed by atoms with Crippen LogP contribution in [0.25, 0.3) is 16.7 Å². The number of nitrogens with zero attached hydrogens (tertiary/aromatic N) is 3. The summed E-state index contributed by atoms with van der Waals surface area (Å²) in [6.07, 6.45) is 0. The van der Waals surface area contributed by atoms with Crippen molar-refractivity contribution in [1.29, 1.82) is 0 Å². The van der Waals surface area contributed by atoms with Gasteiger partial charge < -0.3 is 4.90 Å². The zero-order valence-electron chi connectivity index (χ0n) is 25.9. The standard InChI is InChI=1S/C37H40BN3/c1-35(2,3)23-16-19-25(20-17-23)40-29-21-18-24(36(4,5)6)22-27(29)38-26-12-10-13-28-33(26)41(34(39-28)37(7,8)9)31-15-11-14-30(40)32(31)38/h10-22H,1-9H3. The first kappa shape index (κ1) is 26.1. The molecule has 2 aliphatic heterocycles. The minimum Gasteiger partial charge on any atom is -0.311 e. The van der Waals surface area contributed by atoms with Gasteiger partial charge in [0, 0.05) is 28.2 Å². The van der Waals surface area contributed by atoms with Crippen LogP contribution in [0, 0.1) is 0 Å². The Labute approximate surface area is 245 Å². The first-order valence-electron chi connectivity index (χ1n) is 15.0. The molecule has 0 amide bonds. The number of hydrogen-bond donors (Lipinski definition) is 0. The van der Waals surface area contributed by atoms with Crippen LogP contribution >= 0.6 is 0 Å². The van der Waals surface area contributed by atoms with Gasteiger partial charge in [0.05, 0.1) is 11.0 Å². The number of benzene rings is 4. The molecular weight excluding hydrogens is 497 g/mol. The Morgan fingerprint density at radius 1 is 0.585 bits per heavy atom. The second kappa shape index (κ2) is 8.38. The van der Waals surface area contributed by atoms with E-state index in [-0.39, 0.29) is 23.0 Å². The highest BCUT2D eigenvalue weighted by Gasteiger charge is 2.43. The maximum absolute atomic E-state index is 5.25. The van der Waals surface area contributed by atoms with E-state index in [1.54, 1.807) is 0 Å². The van der Waals surface area contributed by atoms with Crippen LogP contribution in [0.2, 0.25) is 0 Å². The molecule has 0 saturated carbocycles. The van der Waals surface area contributed by atoms with Crippen LogP contribution in [0.5, 0.6) is 0 Å². The molecular formula is C37H40BN3. The van der Waals surface area contributed by atoms with Crippen LogP contribution in [0.4, 0.5) is 17.1 Å². The molecule has 4 aromatic carbocycles. The van der Waals surface area contributed by atoms with Gasteiger partial charge in [0.1, 0.15) is 5.82 Å². The lowest BCUT2D eigenvalue weighted by atomic mass is 9.33. The smallest absolute Gasteiger partial charge is 0.252 e. The first-order valence-corrected chi connectivity index (χ1v) is 15.0. The average molecular weight is 538 g/mol. The second-order valence-electron chi connectivity index (χ2n) is 15.0. The van der Waals surface area contributed by atoms with Crippen molar-refractivity contribution >= 4 is 51.2 Å². The van der Waals surface area contributed by atoms with Gasteiger partial charge in [-0.1, -0.05) is 105 Å². The largest absolute Gasteiger partial charge is 0.311 e. The summed E-state index contributed by atoms with van der Waals surface area (Å²) in [4.78, 5) is 7.73. The van der Waals surface area contributed by atoms with Crippen molar-refractivity contribution in [3.63, 3.8) is 0 Å². The summed E-state index contributed by atoms with van der Waals surface area (Å²) in [7, 11) is 0.